The summed E-state index contributed by atoms with van der Waals surface area (Å²) in [5.41, 5.74) is 5.00. The molecule has 4 aromatic rings. The second-order valence-corrected chi connectivity index (χ2v) is 7.89. The molecule has 0 saturated heterocycles. The molecule has 0 aliphatic heterocycles. The molecule has 3 nitrogen and oxygen atoms in total. The van der Waals surface area contributed by atoms with E-state index in [-0.39, 0.29) is 11.3 Å². The standard InChI is InChI=1S/C26H16ClNO2/c1-15-6-8-16(9-7-15)24-20-5-3-2-4-19(20)17(14-28)12-22-25(29)21-13-18(27)10-11-23(21)30-26(22)24/h2-13,24H,1H3. The molecule has 5 rings (SSSR count). The Morgan fingerprint density at radius 2 is 1.80 bits per heavy atom. The van der Waals surface area contributed by atoms with E-state index in [9.17, 15) is 10.1 Å². The van der Waals surface area contributed by atoms with Crippen LogP contribution in [0.15, 0.2) is 75.9 Å². The highest BCUT2D eigenvalue weighted by Crippen LogP contribution is 2.41. The van der Waals surface area contributed by atoms with E-state index in [1.165, 1.54) is 0 Å². The number of halogens is 1. The molecule has 0 fully saturated rings. The van der Waals surface area contributed by atoms with Crippen LogP contribution in [0.1, 0.15) is 39.5 Å². The van der Waals surface area contributed by atoms with Crippen molar-refractivity contribution in [2.24, 2.45) is 0 Å². The fraction of sp³-hybridized carbons (Fsp3) is 0.0769. The average Bonchev–Trinajstić information content (AvgIpc) is 2.90. The maximum absolute atomic E-state index is 13.4. The number of allylic oxidation sites excluding steroid dienone is 1. The minimum atomic E-state index is -0.313. The lowest BCUT2D eigenvalue weighted by atomic mass is 9.85. The van der Waals surface area contributed by atoms with Crippen LogP contribution in [0.4, 0.5) is 0 Å². The van der Waals surface area contributed by atoms with Gasteiger partial charge in [0.15, 0.2) is 5.43 Å². The van der Waals surface area contributed by atoms with E-state index in [0.717, 1.165) is 22.3 Å². The van der Waals surface area contributed by atoms with Gasteiger partial charge in [0.25, 0.3) is 0 Å². The number of hydrogen-bond acceptors (Lipinski definition) is 3. The quantitative estimate of drug-likeness (QED) is 0.370. The van der Waals surface area contributed by atoms with Gasteiger partial charge in [-0.1, -0.05) is 65.7 Å². The van der Waals surface area contributed by atoms with E-state index in [1.54, 1.807) is 24.3 Å². The summed E-state index contributed by atoms with van der Waals surface area (Å²) in [4.78, 5) is 13.4. The van der Waals surface area contributed by atoms with E-state index in [0.29, 0.717) is 32.9 Å². The van der Waals surface area contributed by atoms with Gasteiger partial charge in [0.1, 0.15) is 11.3 Å². The van der Waals surface area contributed by atoms with Crippen LogP contribution in [-0.2, 0) is 0 Å². The summed E-state index contributed by atoms with van der Waals surface area (Å²) in [7, 11) is 0. The number of hydrogen-bond donors (Lipinski definition) is 0. The summed E-state index contributed by atoms with van der Waals surface area (Å²) in [6.07, 6.45) is 1.65. The van der Waals surface area contributed by atoms with Crippen LogP contribution in [0.5, 0.6) is 0 Å². The maximum Gasteiger partial charge on any atom is 0.200 e. The minimum absolute atomic E-state index is 0.189. The predicted molar refractivity (Wildman–Crippen MR) is 120 cm³/mol. The molecule has 1 aliphatic rings. The van der Waals surface area contributed by atoms with Gasteiger partial charge in [-0.05, 0) is 47.9 Å². The molecule has 0 bridgehead atoms. The van der Waals surface area contributed by atoms with Gasteiger partial charge in [0, 0.05) is 5.02 Å². The normalized spacial score (nSPS) is 15.0. The number of rotatable bonds is 1. The highest BCUT2D eigenvalue weighted by Gasteiger charge is 2.30. The zero-order valence-electron chi connectivity index (χ0n) is 16.1. The molecule has 144 valence electrons. The first-order chi connectivity index (χ1) is 14.6. The van der Waals surface area contributed by atoms with Gasteiger partial charge in [-0.15, -0.1) is 0 Å². The Morgan fingerprint density at radius 1 is 1.03 bits per heavy atom. The predicted octanol–water partition coefficient (Wildman–Crippen LogP) is 6.31. The van der Waals surface area contributed by atoms with E-state index >= 15 is 0 Å². The molecule has 0 spiro atoms. The van der Waals surface area contributed by atoms with Crippen molar-refractivity contribution in [1.82, 2.24) is 0 Å². The lowest BCUT2D eigenvalue weighted by molar-refractivity contribution is 0.527. The monoisotopic (exact) mass is 409 g/mol. The van der Waals surface area contributed by atoms with E-state index in [2.05, 4.69) is 6.07 Å². The minimum Gasteiger partial charge on any atom is -0.459 e. The molecule has 0 saturated carbocycles. The van der Waals surface area contributed by atoms with Crippen LogP contribution in [-0.4, -0.2) is 0 Å². The van der Waals surface area contributed by atoms with Gasteiger partial charge < -0.3 is 4.42 Å². The van der Waals surface area contributed by atoms with Crippen molar-refractivity contribution in [2.75, 3.05) is 0 Å². The molecule has 1 unspecified atom stereocenters. The van der Waals surface area contributed by atoms with Gasteiger partial charge in [-0.3, -0.25) is 4.79 Å². The van der Waals surface area contributed by atoms with Crippen LogP contribution >= 0.6 is 11.6 Å². The summed E-state index contributed by atoms with van der Waals surface area (Å²) in [5.74, 6) is 0.225. The third-order valence-electron chi connectivity index (χ3n) is 5.56. The van der Waals surface area contributed by atoms with Gasteiger partial charge in [-0.25, -0.2) is 0 Å². The SMILES string of the molecule is Cc1ccc(C2c3ccccc3C(C#N)=Cc3c2oc2ccc(Cl)cc2c3=O)cc1. The van der Waals surface area contributed by atoms with Crippen LogP contribution in [0.25, 0.3) is 22.6 Å². The lowest BCUT2D eigenvalue weighted by Gasteiger charge is -2.20. The zero-order valence-corrected chi connectivity index (χ0v) is 16.9. The zero-order chi connectivity index (χ0) is 20.8. The summed E-state index contributed by atoms with van der Waals surface area (Å²) in [6.45, 7) is 2.03. The van der Waals surface area contributed by atoms with E-state index in [1.807, 2.05) is 55.5 Å². The molecular weight excluding hydrogens is 394 g/mol. The molecule has 0 radical (unpaired) electrons. The fourth-order valence-electron chi connectivity index (χ4n) is 4.09. The Hall–Kier alpha value is -3.61. The number of nitriles is 1. The highest BCUT2D eigenvalue weighted by atomic mass is 35.5. The summed E-state index contributed by atoms with van der Waals surface area (Å²) >= 11 is 6.13. The number of benzene rings is 3. The molecule has 1 atom stereocenters. The molecule has 0 amide bonds. The Labute approximate surface area is 178 Å². The second-order valence-electron chi connectivity index (χ2n) is 7.45. The van der Waals surface area contributed by atoms with Crippen molar-refractivity contribution in [1.29, 1.82) is 5.26 Å². The van der Waals surface area contributed by atoms with Crippen molar-refractivity contribution in [3.05, 3.63) is 116 Å². The molecule has 1 heterocycles. The van der Waals surface area contributed by atoms with Gasteiger partial charge >= 0.3 is 0 Å². The first kappa shape index (κ1) is 18.4. The Balaban J connectivity index is 1.93. The van der Waals surface area contributed by atoms with Crippen LogP contribution in [0.2, 0.25) is 5.02 Å². The summed E-state index contributed by atoms with van der Waals surface area (Å²) in [6, 6.07) is 23.2. The number of fused-ring (bicyclic) bond motifs is 3. The van der Waals surface area contributed by atoms with Crippen LogP contribution in [0.3, 0.4) is 0 Å². The highest BCUT2D eigenvalue weighted by molar-refractivity contribution is 6.31. The third-order valence-corrected chi connectivity index (χ3v) is 5.80. The van der Waals surface area contributed by atoms with Crippen LogP contribution in [0, 0.1) is 18.3 Å². The molecule has 1 aromatic heterocycles. The summed E-state index contributed by atoms with van der Waals surface area (Å²) in [5, 5.41) is 10.7. The molecule has 1 aliphatic carbocycles. The van der Waals surface area contributed by atoms with Crippen molar-refractivity contribution >= 4 is 34.2 Å². The van der Waals surface area contributed by atoms with Gasteiger partial charge in [0.05, 0.1) is 28.5 Å². The van der Waals surface area contributed by atoms with Crippen molar-refractivity contribution in [2.45, 2.75) is 12.8 Å². The second kappa shape index (κ2) is 7.02. The van der Waals surface area contributed by atoms with Crippen LogP contribution < -0.4 is 5.43 Å². The molecule has 3 aromatic carbocycles. The molecule has 4 heteroatoms. The van der Waals surface area contributed by atoms with Crippen molar-refractivity contribution in [3.8, 4) is 6.07 Å². The molecular formula is C26H16ClNO2. The Kier molecular flexibility index (Phi) is 4.31. The Bertz CT molecular complexity index is 1440. The Morgan fingerprint density at radius 3 is 2.57 bits per heavy atom. The summed E-state index contributed by atoms with van der Waals surface area (Å²) < 4.78 is 6.33. The van der Waals surface area contributed by atoms with E-state index in [4.69, 9.17) is 16.0 Å². The number of aryl methyl sites for hydroxylation is 1. The van der Waals surface area contributed by atoms with Crippen molar-refractivity contribution < 1.29 is 4.42 Å². The first-order valence-electron chi connectivity index (χ1n) is 9.61. The lowest BCUT2D eigenvalue weighted by Crippen LogP contribution is -2.13. The smallest absolute Gasteiger partial charge is 0.200 e. The third kappa shape index (κ3) is 2.85. The largest absolute Gasteiger partial charge is 0.459 e. The molecule has 0 N–H and O–H groups in total. The topological polar surface area (TPSA) is 54.0 Å². The fourth-order valence-corrected chi connectivity index (χ4v) is 4.26. The molecule has 30 heavy (non-hydrogen) atoms. The van der Waals surface area contributed by atoms with Gasteiger partial charge in [0.2, 0.25) is 0 Å². The number of nitrogens with zero attached hydrogens (tertiary/aromatic N) is 1. The first-order valence-corrected chi connectivity index (χ1v) is 9.98. The van der Waals surface area contributed by atoms with Crippen molar-refractivity contribution in [3.63, 3.8) is 0 Å². The maximum atomic E-state index is 13.4. The van der Waals surface area contributed by atoms with E-state index < -0.39 is 0 Å². The van der Waals surface area contributed by atoms with Gasteiger partial charge in [-0.2, -0.15) is 5.26 Å². The average molecular weight is 410 g/mol.